The van der Waals surface area contributed by atoms with Gasteiger partial charge in [-0.15, -0.1) is 10.2 Å². The van der Waals surface area contributed by atoms with E-state index in [9.17, 15) is 36.8 Å². The van der Waals surface area contributed by atoms with Gasteiger partial charge in [-0.1, -0.05) is 0 Å². The van der Waals surface area contributed by atoms with E-state index in [1.54, 1.807) is 0 Å². The number of nitrogens with zero attached hydrogens (tertiary/aromatic N) is 3. The normalized spacial score (nSPS) is 12.5. The molecule has 0 spiro atoms. The maximum atomic E-state index is 13.3. The molecule has 3 aromatic carbocycles. The van der Waals surface area contributed by atoms with Crippen LogP contribution in [0.25, 0.3) is 10.8 Å². The summed E-state index contributed by atoms with van der Waals surface area (Å²) in [6, 6.07) is 7.87. The molecule has 0 fully saturated rings. The minimum atomic E-state index is -4.93. The maximum Gasteiger partial charge on any atom is 0.418 e. The molecule has 156 valence electrons. The van der Waals surface area contributed by atoms with Gasteiger partial charge in [-0.3, -0.25) is 10.1 Å². The summed E-state index contributed by atoms with van der Waals surface area (Å²) in [7, 11) is 1.19. The van der Waals surface area contributed by atoms with Crippen LogP contribution in [-0.2, 0) is 15.2 Å². The molecule has 0 aliphatic rings. The van der Waals surface area contributed by atoms with E-state index < -0.39 is 37.1 Å². The zero-order valence-corrected chi connectivity index (χ0v) is 16.0. The van der Waals surface area contributed by atoms with Gasteiger partial charge in [0.2, 0.25) is 0 Å². The van der Waals surface area contributed by atoms with Crippen LogP contribution in [0.5, 0.6) is 5.75 Å². The van der Waals surface area contributed by atoms with Gasteiger partial charge in [-0.25, -0.2) is 8.42 Å². The predicted molar refractivity (Wildman–Crippen MR) is 101 cm³/mol. The molecule has 0 bridgehead atoms. The second kappa shape index (κ2) is 7.54. The number of rotatable bonds is 4. The Bertz CT molecular complexity index is 1310. The van der Waals surface area contributed by atoms with E-state index in [0.717, 1.165) is 24.3 Å². The Hall–Kier alpha value is -3.25. The SMILES string of the molecule is O=[N+]([O-])c1ccc(N=Nc2ccc(O)c3ccc(S(=O)(=O)Cl)cc23)c(C(F)(F)F)c1. The van der Waals surface area contributed by atoms with Crippen molar-refractivity contribution >= 4 is 47.6 Å². The van der Waals surface area contributed by atoms with Crippen LogP contribution in [0.2, 0.25) is 0 Å². The third-order valence-corrected chi connectivity index (χ3v) is 5.34. The van der Waals surface area contributed by atoms with Crippen molar-refractivity contribution in [3.63, 3.8) is 0 Å². The minimum absolute atomic E-state index is 0.0588. The summed E-state index contributed by atoms with van der Waals surface area (Å²) in [4.78, 5) is 9.47. The predicted octanol–water partition coefficient (Wildman–Crippen LogP) is 5.82. The number of hydrogen-bond acceptors (Lipinski definition) is 7. The van der Waals surface area contributed by atoms with Crippen LogP contribution in [0.3, 0.4) is 0 Å². The Balaban J connectivity index is 2.17. The van der Waals surface area contributed by atoms with Gasteiger partial charge in [0.1, 0.15) is 5.75 Å². The van der Waals surface area contributed by atoms with E-state index in [-0.39, 0.29) is 27.1 Å². The first-order valence-electron chi connectivity index (χ1n) is 7.86. The van der Waals surface area contributed by atoms with Crippen molar-refractivity contribution < 1.29 is 31.6 Å². The number of halogens is 4. The van der Waals surface area contributed by atoms with E-state index in [1.807, 2.05) is 0 Å². The Morgan fingerprint density at radius 3 is 2.20 bits per heavy atom. The highest BCUT2D eigenvalue weighted by Gasteiger charge is 2.35. The van der Waals surface area contributed by atoms with Crippen LogP contribution in [0.4, 0.5) is 30.2 Å². The molecule has 0 unspecified atom stereocenters. The average Bonchev–Trinajstić information content (AvgIpc) is 2.65. The van der Waals surface area contributed by atoms with Crippen LogP contribution in [-0.4, -0.2) is 18.4 Å². The van der Waals surface area contributed by atoms with Gasteiger partial charge in [0.25, 0.3) is 14.7 Å². The molecule has 3 rings (SSSR count). The highest BCUT2D eigenvalue weighted by molar-refractivity contribution is 8.13. The second-order valence-electron chi connectivity index (χ2n) is 5.91. The first-order valence-corrected chi connectivity index (χ1v) is 10.2. The number of non-ortho nitro benzene ring substituents is 1. The fraction of sp³-hybridized carbons (Fsp3) is 0.0588. The molecule has 1 N–H and O–H groups in total. The van der Waals surface area contributed by atoms with Gasteiger partial charge in [-0.2, -0.15) is 13.2 Å². The van der Waals surface area contributed by atoms with Crippen molar-refractivity contribution in [1.29, 1.82) is 0 Å². The summed E-state index contributed by atoms with van der Waals surface area (Å²) in [6.07, 6.45) is -4.93. The average molecular weight is 460 g/mol. The number of phenols is 1. The Kier molecular flexibility index (Phi) is 5.39. The highest BCUT2D eigenvalue weighted by atomic mass is 35.7. The van der Waals surface area contributed by atoms with Crippen molar-refractivity contribution in [2.45, 2.75) is 11.1 Å². The first kappa shape index (κ1) is 21.5. The molecular formula is C17H9ClF3N3O5S. The third-order valence-electron chi connectivity index (χ3n) is 3.99. The summed E-state index contributed by atoms with van der Waals surface area (Å²) in [5.41, 5.74) is -2.88. The zero-order chi connectivity index (χ0) is 22.3. The lowest BCUT2D eigenvalue weighted by Gasteiger charge is -2.09. The van der Waals surface area contributed by atoms with Crippen LogP contribution in [0.1, 0.15) is 5.56 Å². The summed E-state index contributed by atoms with van der Waals surface area (Å²) in [5.74, 6) is -0.228. The number of alkyl halides is 3. The summed E-state index contributed by atoms with van der Waals surface area (Å²) < 4.78 is 62.9. The van der Waals surface area contributed by atoms with Gasteiger partial charge < -0.3 is 5.11 Å². The number of fused-ring (bicyclic) bond motifs is 1. The number of benzene rings is 3. The zero-order valence-electron chi connectivity index (χ0n) is 14.5. The third kappa shape index (κ3) is 4.33. The highest BCUT2D eigenvalue weighted by Crippen LogP contribution is 2.40. The lowest BCUT2D eigenvalue weighted by Crippen LogP contribution is -2.06. The van der Waals surface area contributed by atoms with Gasteiger partial charge >= 0.3 is 6.18 Å². The Morgan fingerprint density at radius 2 is 1.60 bits per heavy atom. The van der Waals surface area contributed by atoms with Gasteiger partial charge in [0.05, 0.1) is 26.8 Å². The van der Waals surface area contributed by atoms with E-state index in [2.05, 4.69) is 10.2 Å². The molecule has 0 aromatic heterocycles. The van der Waals surface area contributed by atoms with Crippen LogP contribution < -0.4 is 0 Å². The van der Waals surface area contributed by atoms with Crippen molar-refractivity contribution in [3.8, 4) is 5.75 Å². The molecule has 3 aromatic rings. The van der Waals surface area contributed by atoms with Crippen LogP contribution >= 0.6 is 10.7 Å². The molecule has 0 saturated carbocycles. The molecular weight excluding hydrogens is 451 g/mol. The number of hydrogen-bond donors (Lipinski definition) is 1. The monoisotopic (exact) mass is 459 g/mol. The lowest BCUT2D eigenvalue weighted by molar-refractivity contribution is -0.385. The molecule has 0 saturated heterocycles. The van der Waals surface area contributed by atoms with Gasteiger partial charge in [0.15, 0.2) is 0 Å². The van der Waals surface area contributed by atoms with Gasteiger partial charge in [0, 0.05) is 33.6 Å². The smallest absolute Gasteiger partial charge is 0.418 e. The van der Waals surface area contributed by atoms with Crippen molar-refractivity contribution in [1.82, 2.24) is 0 Å². The number of nitro benzene ring substituents is 1. The minimum Gasteiger partial charge on any atom is -0.507 e. The summed E-state index contributed by atoms with van der Waals surface area (Å²) in [5, 5.41) is 28.2. The number of nitro groups is 1. The van der Waals surface area contributed by atoms with Crippen LogP contribution in [0.15, 0.2) is 63.7 Å². The first-order chi connectivity index (χ1) is 13.9. The Morgan fingerprint density at radius 1 is 0.967 bits per heavy atom. The quantitative estimate of drug-likeness (QED) is 0.228. The maximum absolute atomic E-state index is 13.3. The fourth-order valence-electron chi connectivity index (χ4n) is 2.59. The molecule has 0 aliphatic carbocycles. The van der Waals surface area contributed by atoms with E-state index in [0.29, 0.717) is 6.07 Å². The van der Waals surface area contributed by atoms with E-state index >= 15 is 0 Å². The Labute approximate surface area is 170 Å². The number of phenolic OH excluding ortho intramolecular Hbond substituents is 1. The van der Waals surface area contributed by atoms with E-state index in [4.69, 9.17) is 10.7 Å². The summed E-state index contributed by atoms with van der Waals surface area (Å²) >= 11 is 0. The standard InChI is InChI=1S/C17H9ClF3N3O5S/c18-30(28,29)10-2-3-11-12(8-10)14(5-6-16(11)25)22-23-15-4-1-9(24(26)27)7-13(15)17(19,20)21/h1-8,25H. The molecule has 8 nitrogen and oxygen atoms in total. The molecule has 0 radical (unpaired) electrons. The van der Waals surface area contributed by atoms with Crippen molar-refractivity contribution in [2.75, 3.05) is 0 Å². The van der Waals surface area contributed by atoms with Crippen LogP contribution in [0, 0.1) is 10.1 Å². The molecule has 0 aliphatic heterocycles. The largest absolute Gasteiger partial charge is 0.507 e. The topological polar surface area (TPSA) is 122 Å². The molecule has 0 atom stereocenters. The number of aromatic hydroxyl groups is 1. The van der Waals surface area contributed by atoms with E-state index in [1.165, 1.54) is 18.2 Å². The van der Waals surface area contributed by atoms with Gasteiger partial charge in [-0.05, 0) is 36.4 Å². The van der Waals surface area contributed by atoms with Crippen molar-refractivity contribution in [2.24, 2.45) is 10.2 Å². The molecule has 30 heavy (non-hydrogen) atoms. The van der Waals surface area contributed by atoms with Crippen molar-refractivity contribution in [3.05, 3.63) is 64.2 Å². The fourth-order valence-corrected chi connectivity index (χ4v) is 3.37. The summed E-state index contributed by atoms with van der Waals surface area (Å²) in [6.45, 7) is 0. The second-order valence-corrected chi connectivity index (χ2v) is 8.47. The lowest BCUT2D eigenvalue weighted by atomic mass is 10.1. The molecule has 0 heterocycles. The molecule has 0 amide bonds. The number of azo groups is 1. The molecule has 13 heteroatoms.